The number of carbonyl (C=O) groups excluding carboxylic acids is 1. The molecule has 8 heteroatoms. The first-order valence-electron chi connectivity index (χ1n) is 9.24. The molecule has 1 aliphatic heterocycles. The first-order chi connectivity index (χ1) is 13.5. The highest BCUT2D eigenvalue weighted by molar-refractivity contribution is 7.89. The van der Waals surface area contributed by atoms with Gasteiger partial charge in [0.2, 0.25) is 15.9 Å². The molecule has 0 atom stereocenters. The standard InChI is InChI=1S/C20H23ClN2O4S/c21-18-6-2-3-7-19(18)27-15-12-20(24)22-16-8-10-17(11-9-16)28(25,26)23-13-4-1-5-14-23/h2-3,6-11H,1,4-5,12-15H2,(H,22,24). The number of carbonyl (C=O) groups is 1. The number of rotatable bonds is 7. The van der Waals surface area contributed by atoms with E-state index in [2.05, 4.69) is 5.32 Å². The van der Waals surface area contributed by atoms with E-state index in [4.69, 9.17) is 16.3 Å². The van der Waals surface area contributed by atoms with E-state index in [0.717, 1.165) is 19.3 Å². The minimum atomic E-state index is -3.47. The largest absolute Gasteiger partial charge is 0.491 e. The average molecular weight is 423 g/mol. The Hall–Kier alpha value is -2.09. The summed E-state index contributed by atoms with van der Waals surface area (Å²) in [7, 11) is -3.47. The Kier molecular flexibility index (Phi) is 6.93. The van der Waals surface area contributed by atoms with E-state index in [1.54, 1.807) is 36.4 Å². The van der Waals surface area contributed by atoms with E-state index in [9.17, 15) is 13.2 Å². The number of amides is 1. The lowest BCUT2D eigenvalue weighted by molar-refractivity contribution is -0.116. The summed E-state index contributed by atoms with van der Waals surface area (Å²) in [5.41, 5.74) is 0.542. The van der Waals surface area contributed by atoms with Gasteiger partial charge in [-0.1, -0.05) is 30.2 Å². The van der Waals surface area contributed by atoms with Crippen molar-refractivity contribution in [3.8, 4) is 5.75 Å². The van der Waals surface area contributed by atoms with Crippen molar-refractivity contribution in [1.29, 1.82) is 0 Å². The first kappa shape index (κ1) is 20.6. The first-order valence-corrected chi connectivity index (χ1v) is 11.1. The summed E-state index contributed by atoms with van der Waals surface area (Å²) in [6.45, 7) is 1.31. The molecule has 6 nitrogen and oxygen atoms in total. The lowest BCUT2D eigenvalue weighted by Crippen LogP contribution is -2.35. The smallest absolute Gasteiger partial charge is 0.243 e. The van der Waals surface area contributed by atoms with Crippen LogP contribution < -0.4 is 10.1 Å². The van der Waals surface area contributed by atoms with Gasteiger partial charge in [0.05, 0.1) is 22.9 Å². The Morgan fingerprint density at radius 2 is 1.71 bits per heavy atom. The molecule has 0 radical (unpaired) electrons. The fourth-order valence-corrected chi connectivity index (χ4v) is 4.71. The molecule has 1 saturated heterocycles. The molecule has 0 saturated carbocycles. The molecule has 0 unspecified atom stereocenters. The minimum absolute atomic E-state index is 0.152. The van der Waals surface area contributed by atoms with E-state index >= 15 is 0 Å². The zero-order valence-corrected chi connectivity index (χ0v) is 17.0. The number of hydrogen-bond acceptors (Lipinski definition) is 4. The average Bonchev–Trinajstić information content (AvgIpc) is 2.70. The highest BCUT2D eigenvalue weighted by Crippen LogP contribution is 2.24. The monoisotopic (exact) mass is 422 g/mol. The molecule has 28 heavy (non-hydrogen) atoms. The molecule has 0 aliphatic carbocycles. The van der Waals surface area contributed by atoms with Crippen LogP contribution in [0.15, 0.2) is 53.4 Å². The van der Waals surface area contributed by atoms with Crippen LogP contribution in [0.25, 0.3) is 0 Å². The maximum atomic E-state index is 12.6. The van der Waals surface area contributed by atoms with Gasteiger partial charge in [-0.15, -0.1) is 0 Å². The lowest BCUT2D eigenvalue weighted by atomic mass is 10.2. The molecule has 2 aromatic rings. The van der Waals surface area contributed by atoms with Crippen molar-refractivity contribution in [2.24, 2.45) is 0 Å². The number of sulfonamides is 1. The van der Waals surface area contributed by atoms with E-state index in [-0.39, 0.29) is 23.8 Å². The molecule has 3 rings (SSSR count). The van der Waals surface area contributed by atoms with Crippen LogP contribution in [0.5, 0.6) is 5.75 Å². The lowest BCUT2D eigenvalue weighted by Gasteiger charge is -2.25. The fraction of sp³-hybridized carbons (Fsp3) is 0.350. The van der Waals surface area contributed by atoms with Crippen LogP contribution in [0.3, 0.4) is 0 Å². The molecular weight excluding hydrogens is 400 g/mol. The molecule has 1 heterocycles. The van der Waals surface area contributed by atoms with Gasteiger partial charge in [-0.25, -0.2) is 8.42 Å². The van der Waals surface area contributed by atoms with Crippen molar-refractivity contribution in [3.63, 3.8) is 0 Å². The summed E-state index contributed by atoms with van der Waals surface area (Å²) in [5, 5.41) is 3.23. The van der Waals surface area contributed by atoms with Gasteiger partial charge in [0, 0.05) is 18.8 Å². The molecule has 2 aromatic carbocycles. The zero-order valence-electron chi connectivity index (χ0n) is 15.4. The third kappa shape index (κ3) is 5.25. The van der Waals surface area contributed by atoms with Crippen LogP contribution in [-0.4, -0.2) is 38.3 Å². The molecule has 0 aromatic heterocycles. The number of para-hydroxylation sites is 1. The summed E-state index contributed by atoms with van der Waals surface area (Å²) >= 11 is 6.00. The van der Waals surface area contributed by atoms with E-state index in [1.165, 1.54) is 16.4 Å². The minimum Gasteiger partial charge on any atom is -0.491 e. The summed E-state index contributed by atoms with van der Waals surface area (Å²) in [4.78, 5) is 12.3. The second kappa shape index (κ2) is 9.41. The van der Waals surface area contributed by atoms with Gasteiger partial charge in [-0.3, -0.25) is 4.79 Å². The van der Waals surface area contributed by atoms with Crippen LogP contribution in [0.2, 0.25) is 5.02 Å². The van der Waals surface area contributed by atoms with Crippen LogP contribution in [0.4, 0.5) is 5.69 Å². The number of nitrogens with one attached hydrogen (secondary N) is 1. The highest BCUT2D eigenvalue weighted by atomic mass is 35.5. The van der Waals surface area contributed by atoms with Gasteiger partial charge < -0.3 is 10.1 Å². The molecule has 150 valence electrons. The summed E-state index contributed by atoms with van der Waals surface area (Å²) in [6, 6.07) is 13.3. The van der Waals surface area contributed by atoms with Gasteiger partial charge in [-0.05, 0) is 49.2 Å². The Balaban J connectivity index is 1.52. The van der Waals surface area contributed by atoms with Crippen molar-refractivity contribution in [2.45, 2.75) is 30.6 Å². The van der Waals surface area contributed by atoms with E-state index in [1.807, 2.05) is 0 Å². The van der Waals surface area contributed by atoms with Crippen molar-refractivity contribution in [2.75, 3.05) is 25.0 Å². The van der Waals surface area contributed by atoms with Gasteiger partial charge in [0.15, 0.2) is 0 Å². The molecule has 1 N–H and O–H groups in total. The van der Waals surface area contributed by atoms with Crippen molar-refractivity contribution < 1.29 is 17.9 Å². The maximum absolute atomic E-state index is 12.6. The number of benzene rings is 2. The third-order valence-corrected chi connectivity index (χ3v) is 6.74. The summed E-state index contributed by atoms with van der Waals surface area (Å²) in [5.74, 6) is 0.308. The molecule has 1 aliphatic rings. The maximum Gasteiger partial charge on any atom is 0.243 e. The Morgan fingerprint density at radius 3 is 2.39 bits per heavy atom. The van der Waals surface area contributed by atoms with Gasteiger partial charge in [-0.2, -0.15) is 4.31 Å². The molecular formula is C20H23ClN2O4S. The molecule has 0 spiro atoms. The molecule has 0 bridgehead atoms. The summed E-state index contributed by atoms with van der Waals surface area (Å²) in [6.07, 6.45) is 3.00. The van der Waals surface area contributed by atoms with E-state index < -0.39 is 10.0 Å². The Labute approximate surface area is 170 Å². The third-order valence-electron chi connectivity index (χ3n) is 4.51. The fourth-order valence-electron chi connectivity index (χ4n) is 3.00. The predicted molar refractivity (Wildman–Crippen MR) is 109 cm³/mol. The van der Waals surface area contributed by atoms with Crippen LogP contribution in [0, 0.1) is 0 Å². The van der Waals surface area contributed by atoms with E-state index in [0.29, 0.717) is 29.5 Å². The van der Waals surface area contributed by atoms with Crippen molar-refractivity contribution >= 4 is 33.2 Å². The molecule has 1 amide bonds. The van der Waals surface area contributed by atoms with Gasteiger partial charge in [0.25, 0.3) is 0 Å². The number of ether oxygens (including phenoxy) is 1. The van der Waals surface area contributed by atoms with Crippen LogP contribution in [0.1, 0.15) is 25.7 Å². The van der Waals surface area contributed by atoms with Gasteiger partial charge >= 0.3 is 0 Å². The SMILES string of the molecule is O=C(CCOc1ccccc1Cl)Nc1ccc(S(=O)(=O)N2CCCCC2)cc1. The number of anilines is 1. The Morgan fingerprint density at radius 1 is 1.04 bits per heavy atom. The highest BCUT2D eigenvalue weighted by Gasteiger charge is 2.25. The molecule has 1 fully saturated rings. The number of nitrogens with zero attached hydrogens (tertiary/aromatic N) is 1. The number of halogens is 1. The zero-order chi connectivity index (χ0) is 20.0. The number of piperidine rings is 1. The topological polar surface area (TPSA) is 75.7 Å². The van der Waals surface area contributed by atoms with Crippen LogP contribution in [-0.2, 0) is 14.8 Å². The predicted octanol–water partition coefficient (Wildman–Crippen LogP) is 3.92. The quantitative estimate of drug-likeness (QED) is 0.733. The number of hydrogen-bond donors (Lipinski definition) is 1. The Bertz CT molecular complexity index is 910. The second-order valence-electron chi connectivity index (χ2n) is 6.57. The van der Waals surface area contributed by atoms with Crippen LogP contribution >= 0.6 is 11.6 Å². The summed E-state index contributed by atoms with van der Waals surface area (Å²) < 4.78 is 32.3. The normalized spacial score (nSPS) is 15.2. The second-order valence-corrected chi connectivity index (χ2v) is 8.91. The van der Waals surface area contributed by atoms with Gasteiger partial charge in [0.1, 0.15) is 5.75 Å². The van der Waals surface area contributed by atoms with Crippen molar-refractivity contribution in [1.82, 2.24) is 4.31 Å². The van der Waals surface area contributed by atoms with Crippen molar-refractivity contribution in [3.05, 3.63) is 53.6 Å².